The molecule has 0 aliphatic rings. The van der Waals surface area contributed by atoms with Gasteiger partial charge in [-0.05, 0) is 44.8 Å². The van der Waals surface area contributed by atoms with Gasteiger partial charge in [-0.2, -0.15) is 0 Å². The summed E-state index contributed by atoms with van der Waals surface area (Å²) in [4.78, 5) is 2.18. The molecule has 3 heteroatoms. The topological polar surface area (TPSA) is 38.5 Å². The van der Waals surface area contributed by atoms with Gasteiger partial charge < -0.3 is 15.4 Å². The number of nitrogens with zero attached hydrogens (tertiary/aromatic N) is 1. The lowest BCUT2D eigenvalue weighted by Crippen LogP contribution is -2.24. The zero-order chi connectivity index (χ0) is 12.7. The molecule has 0 amide bonds. The molecule has 0 aliphatic heterocycles. The van der Waals surface area contributed by atoms with E-state index in [9.17, 15) is 0 Å². The second-order valence-corrected chi connectivity index (χ2v) is 4.86. The van der Waals surface area contributed by atoms with Crippen molar-refractivity contribution in [3.8, 4) is 5.75 Å². The van der Waals surface area contributed by atoms with Gasteiger partial charge in [0.2, 0.25) is 0 Å². The Morgan fingerprint density at radius 2 is 1.88 bits per heavy atom. The predicted molar refractivity (Wildman–Crippen MR) is 72.4 cm³/mol. The molecule has 1 atom stereocenters. The zero-order valence-corrected chi connectivity index (χ0v) is 11.1. The van der Waals surface area contributed by atoms with Crippen molar-refractivity contribution in [3.05, 3.63) is 29.8 Å². The molecule has 96 valence electrons. The molecule has 0 fully saturated rings. The summed E-state index contributed by atoms with van der Waals surface area (Å²) < 4.78 is 5.74. The number of benzene rings is 1. The first-order valence-corrected chi connectivity index (χ1v) is 6.18. The van der Waals surface area contributed by atoms with Crippen molar-refractivity contribution < 1.29 is 4.74 Å². The molecule has 1 unspecified atom stereocenters. The maximum absolute atomic E-state index is 5.74. The van der Waals surface area contributed by atoms with Crippen LogP contribution in [0.4, 0.5) is 0 Å². The minimum Gasteiger partial charge on any atom is -0.493 e. The average Bonchev–Trinajstić information content (AvgIpc) is 2.28. The second kappa shape index (κ2) is 7.30. The lowest BCUT2D eigenvalue weighted by atomic mass is 10.1. The first-order chi connectivity index (χ1) is 8.11. The van der Waals surface area contributed by atoms with E-state index in [1.165, 1.54) is 5.56 Å². The standard InChI is InChI=1S/C14H24N2O/c1-12(10-16(2)3)11-17-14-6-4-13(5-7-14)8-9-15/h4-7,12H,8-11,15H2,1-3H3. The lowest BCUT2D eigenvalue weighted by Gasteiger charge is -2.17. The normalized spacial score (nSPS) is 12.8. The Morgan fingerprint density at radius 3 is 2.41 bits per heavy atom. The number of hydrogen-bond donors (Lipinski definition) is 1. The third-order valence-electron chi connectivity index (χ3n) is 2.57. The molecule has 1 aromatic carbocycles. The summed E-state index contributed by atoms with van der Waals surface area (Å²) in [5.41, 5.74) is 6.77. The van der Waals surface area contributed by atoms with Gasteiger partial charge >= 0.3 is 0 Å². The van der Waals surface area contributed by atoms with Gasteiger partial charge in [0.1, 0.15) is 5.75 Å². The van der Waals surface area contributed by atoms with Gasteiger partial charge in [0, 0.05) is 12.5 Å². The van der Waals surface area contributed by atoms with Gasteiger partial charge in [-0.25, -0.2) is 0 Å². The van der Waals surface area contributed by atoms with E-state index in [0.29, 0.717) is 12.5 Å². The minimum atomic E-state index is 0.536. The molecule has 0 heterocycles. The van der Waals surface area contributed by atoms with Crippen LogP contribution in [0.5, 0.6) is 5.75 Å². The van der Waals surface area contributed by atoms with Gasteiger partial charge in [0.05, 0.1) is 6.61 Å². The second-order valence-electron chi connectivity index (χ2n) is 4.86. The smallest absolute Gasteiger partial charge is 0.119 e. The van der Waals surface area contributed by atoms with Crippen LogP contribution in [0.1, 0.15) is 12.5 Å². The summed E-state index contributed by atoms with van der Waals surface area (Å²) in [7, 11) is 4.16. The minimum absolute atomic E-state index is 0.536. The molecule has 0 spiro atoms. The molecule has 0 aliphatic carbocycles. The molecule has 2 N–H and O–H groups in total. The van der Waals surface area contributed by atoms with E-state index >= 15 is 0 Å². The largest absolute Gasteiger partial charge is 0.493 e. The van der Waals surface area contributed by atoms with Crippen molar-refractivity contribution in [1.29, 1.82) is 0 Å². The number of hydrogen-bond acceptors (Lipinski definition) is 3. The molecule has 0 aromatic heterocycles. The van der Waals surface area contributed by atoms with E-state index in [2.05, 4.69) is 38.1 Å². The molecule has 0 saturated heterocycles. The fraction of sp³-hybridized carbons (Fsp3) is 0.571. The zero-order valence-electron chi connectivity index (χ0n) is 11.1. The molecular weight excluding hydrogens is 212 g/mol. The third kappa shape index (κ3) is 5.71. The van der Waals surface area contributed by atoms with Crippen LogP contribution in [0, 0.1) is 5.92 Å². The van der Waals surface area contributed by atoms with E-state index in [1.807, 2.05) is 12.1 Å². The molecule has 0 radical (unpaired) electrons. The van der Waals surface area contributed by atoms with Crippen LogP contribution in [0.2, 0.25) is 0 Å². The highest BCUT2D eigenvalue weighted by molar-refractivity contribution is 5.27. The molecule has 17 heavy (non-hydrogen) atoms. The summed E-state index contributed by atoms with van der Waals surface area (Å²) in [6.07, 6.45) is 0.928. The van der Waals surface area contributed by atoms with E-state index < -0.39 is 0 Å². The number of ether oxygens (including phenoxy) is 1. The Hall–Kier alpha value is -1.06. The monoisotopic (exact) mass is 236 g/mol. The summed E-state index contributed by atoms with van der Waals surface area (Å²) in [5, 5.41) is 0. The van der Waals surface area contributed by atoms with Crippen LogP contribution in [0.15, 0.2) is 24.3 Å². The van der Waals surface area contributed by atoms with Crippen molar-refractivity contribution in [1.82, 2.24) is 4.90 Å². The molecular formula is C14H24N2O. The number of nitrogens with two attached hydrogens (primary N) is 1. The van der Waals surface area contributed by atoms with Crippen LogP contribution in [0.3, 0.4) is 0 Å². The highest BCUT2D eigenvalue weighted by Gasteiger charge is 2.04. The summed E-state index contributed by atoms with van der Waals surface area (Å²) in [6, 6.07) is 8.21. The Bertz CT molecular complexity index is 309. The summed E-state index contributed by atoms with van der Waals surface area (Å²) in [5.74, 6) is 1.48. The van der Waals surface area contributed by atoms with Gasteiger partial charge in [0.15, 0.2) is 0 Å². The van der Waals surface area contributed by atoms with Crippen LogP contribution < -0.4 is 10.5 Å². The maximum Gasteiger partial charge on any atom is 0.119 e. The quantitative estimate of drug-likeness (QED) is 0.784. The fourth-order valence-electron chi connectivity index (χ4n) is 1.83. The SMILES string of the molecule is CC(COc1ccc(CCN)cc1)CN(C)C. The number of rotatable bonds is 7. The van der Waals surface area contributed by atoms with E-state index in [1.54, 1.807) is 0 Å². The first kappa shape index (κ1) is 14.0. The van der Waals surface area contributed by atoms with Crippen molar-refractivity contribution in [2.45, 2.75) is 13.3 Å². The highest BCUT2D eigenvalue weighted by Crippen LogP contribution is 2.13. The van der Waals surface area contributed by atoms with E-state index in [0.717, 1.165) is 25.3 Å². The van der Waals surface area contributed by atoms with Crippen molar-refractivity contribution in [3.63, 3.8) is 0 Å². The van der Waals surface area contributed by atoms with Gasteiger partial charge in [-0.15, -0.1) is 0 Å². The molecule has 0 saturated carbocycles. The Balaban J connectivity index is 2.36. The van der Waals surface area contributed by atoms with Gasteiger partial charge in [0.25, 0.3) is 0 Å². The lowest BCUT2D eigenvalue weighted by molar-refractivity contribution is 0.222. The maximum atomic E-state index is 5.74. The van der Waals surface area contributed by atoms with Gasteiger partial charge in [-0.1, -0.05) is 19.1 Å². The molecule has 1 rings (SSSR count). The predicted octanol–water partition coefficient (Wildman–Crippen LogP) is 1.76. The Kier molecular flexibility index (Phi) is 6.01. The van der Waals surface area contributed by atoms with Crippen LogP contribution in [-0.2, 0) is 6.42 Å². The van der Waals surface area contributed by atoms with Crippen molar-refractivity contribution in [2.24, 2.45) is 11.7 Å². The van der Waals surface area contributed by atoms with E-state index in [-0.39, 0.29) is 0 Å². The Morgan fingerprint density at radius 1 is 1.24 bits per heavy atom. The fourth-order valence-corrected chi connectivity index (χ4v) is 1.83. The van der Waals surface area contributed by atoms with Gasteiger partial charge in [-0.3, -0.25) is 0 Å². The molecule has 1 aromatic rings. The first-order valence-electron chi connectivity index (χ1n) is 6.18. The summed E-state index contributed by atoms with van der Waals surface area (Å²) >= 11 is 0. The van der Waals surface area contributed by atoms with Crippen LogP contribution in [-0.4, -0.2) is 38.7 Å². The van der Waals surface area contributed by atoms with Crippen LogP contribution in [0.25, 0.3) is 0 Å². The van der Waals surface area contributed by atoms with Crippen LogP contribution >= 0.6 is 0 Å². The molecule has 0 bridgehead atoms. The van der Waals surface area contributed by atoms with Crippen molar-refractivity contribution in [2.75, 3.05) is 33.8 Å². The highest BCUT2D eigenvalue weighted by atomic mass is 16.5. The summed E-state index contributed by atoms with van der Waals surface area (Å²) in [6.45, 7) is 4.70. The van der Waals surface area contributed by atoms with Crippen molar-refractivity contribution >= 4 is 0 Å². The van der Waals surface area contributed by atoms with E-state index in [4.69, 9.17) is 10.5 Å². The molecule has 3 nitrogen and oxygen atoms in total. The average molecular weight is 236 g/mol. The third-order valence-corrected chi connectivity index (χ3v) is 2.57. The Labute approximate surface area is 105 Å².